The highest BCUT2D eigenvalue weighted by molar-refractivity contribution is 7.07. The normalized spacial score (nSPS) is 15.0. The van der Waals surface area contributed by atoms with Gasteiger partial charge in [0.05, 0.1) is 18.7 Å². The van der Waals surface area contributed by atoms with Crippen molar-refractivity contribution in [1.82, 2.24) is 15.3 Å². The third-order valence-corrected chi connectivity index (χ3v) is 3.85. The Bertz CT molecular complexity index is 597. The lowest BCUT2D eigenvalue weighted by Crippen LogP contribution is -2.36. The van der Waals surface area contributed by atoms with Crippen LogP contribution >= 0.6 is 11.3 Å². The minimum absolute atomic E-state index is 0.152. The van der Waals surface area contributed by atoms with E-state index in [-0.39, 0.29) is 5.91 Å². The lowest BCUT2D eigenvalue weighted by molar-refractivity contribution is 0.0946. The predicted molar refractivity (Wildman–Crippen MR) is 80.6 cm³/mol. The van der Waals surface area contributed by atoms with Crippen LogP contribution in [0.15, 0.2) is 29.2 Å². The molecule has 0 unspecified atom stereocenters. The van der Waals surface area contributed by atoms with E-state index in [1.54, 1.807) is 17.1 Å². The summed E-state index contributed by atoms with van der Waals surface area (Å²) >= 11 is 1.41. The molecule has 0 spiro atoms. The second-order valence-electron chi connectivity index (χ2n) is 4.68. The Morgan fingerprint density at radius 3 is 3.00 bits per heavy atom. The molecule has 1 aliphatic heterocycles. The fraction of sp³-hybridized carbons (Fsp3) is 0.357. The average Bonchev–Trinajstić information content (AvgIpc) is 3.08. The number of hydrogen-bond donors (Lipinski definition) is 1. The molecule has 0 aliphatic carbocycles. The number of carbonyl (C=O) groups excluding carboxylic acids is 1. The first kappa shape index (κ1) is 14.0. The van der Waals surface area contributed by atoms with Gasteiger partial charge in [0, 0.05) is 31.2 Å². The molecule has 1 fully saturated rings. The Morgan fingerprint density at radius 1 is 1.38 bits per heavy atom. The molecule has 0 bridgehead atoms. The molecule has 110 valence electrons. The molecule has 21 heavy (non-hydrogen) atoms. The number of nitrogens with one attached hydrogen (secondary N) is 1. The molecule has 0 saturated carbocycles. The molecule has 2 aromatic rings. The SMILES string of the molecule is O=C(NCc1ccnc(N2CCOCC2)c1)c1cscn1. The van der Waals surface area contributed by atoms with Gasteiger partial charge in [-0.3, -0.25) is 4.79 Å². The summed E-state index contributed by atoms with van der Waals surface area (Å²) in [5, 5.41) is 4.60. The smallest absolute Gasteiger partial charge is 0.271 e. The van der Waals surface area contributed by atoms with Crippen molar-refractivity contribution in [3.63, 3.8) is 0 Å². The van der Waals surface area contributed by atoms with Crippen molar-refractivity contribution in [2.75, 3.05) is 31.2 Å². The monoisotopic (exact) mass is 304 g/mol. The Kier molecular flexibility index (Phi) is 4.42. The van der Waals surface area contributed by atoms with E-state index in [0.717, 1.165) is 37.7 Å². The van der Waals surface area contributed by atoms with Crippen LogP contribution in [0.4, 0.5) is 5.82 Å². The number of ether oxygens (including phenoxy) is 1. The second kappa shape index (κ2) is 6.64. The number of hydrogen-bond acceptors (Lipinski definition) is 6. The van der Waals surface area contributed by atoms with Crippen molar-refractivity contribution in [2.45, 2.75) is 6.54 Å². The molecule has 3 heterocycles. The first-order valence-corrected chi connectivity index (χ1v) is 7.71. The van der Waals surface area contributed by atoms with Gasteiger partial charge in [0.15, 0.2) is 0 Å². The minimum Gasteiger partial charge on any atom is -0.378 e. The van der Waals surface area contributed by atoms with Gasteiger partial charge in [-0.15, -0.1) is 11.3 Å². The Morgan fingerprint density at radius 2 is 2.24 bits per heavy atom. The molecular weight excluding hydrogens is 288 g/mol. The standard InChI is InChI=1S/C14H16N4O2S/c19-14(12-9-21-10-17-12)16-8-11-1-2-15-13(7-11)18-3-5-20-6-4-18/h1-2,7,9-10H,3-6,8H2,(H,16,19). The van der Waals surface area contributed by atoms with Gasteiger partial charge < -0.3 is 15.0 Å². The third kappa shape index (κ3) is 3.56. The summed E-state index contributed by atoms with van der Waals surface area (Å²) in [6.45, 7) is 3.62. The zero-order valence-corrected chi connectivity index (χ0v) is 12.3. The number of rotatable bonds is 4. The Labute approximate surface area is 126 Å². The van der Waals surface area contributed by atoms with Gasteiger partial charge >= 0.3 is 0 Å². The van der Waals surface area contributed by atoms with Crippen LogP contribution in [0.25, 0.3) is 0 Å². The van der Waals surface area contributed by atoms with E-state index >= 15 is 0 Å². The van der Waals surface area contributed by atoms with E-state index in [0.29, 0.717) is 12.2 Å². The number of thiazole rings is 1. The third-order valence-electron chi connectivity index (χ3n) is 3.26. The molecule has 0 radical (unpaired) electrons. The van der Waals surface area contributed by atoms with E-state index < -0.39 is 0 Å². The zero-order valence-electron chi connectivity index (χ0n) is 11.5. The molecule has 0 aromatic carbocycles. The Balaban J connectivity index is 1.62. The number of anilines is 1. The van der Waals surface area contributed by atoms with Gasteiger partial charge in [-0.1, -0.05) is 0 Å². The van der Waals surface area contributed by atoms with Gasteiger partial charge in [0.1, 0.15) is 11.5 Å². The second-order valence-corrected chi connectivity index (χ2v) is 5.40. The first-order valence-electron chi connectivity index (χ1n) is 6.77. The summed E-state index contributed by atoms with van der Waals surface area (Å²) in [6.07, 6.45) is 1.77. The lowest BCUT2D eigenvalue weighted by Gasteiger charge is -2.28. The molecule has 0 atom stereocenters. The van der Waals surface area contributed by atoms with Crippen molar-refractivity contribution >= 4 is 23.1 Å². The van der Waals surface area contributed by atoms with E-state index in [2.05, 4.69) is 20.2 Å². The van der Waals surface area contributed by atoms with Crippen LogP contribution in [0, 0.1) is 0 Å². The van der Waals surface area contributed by atoms with Gasteiger partial charge in [0.25, 0.3) is 5.91 Å². The maximum atomic E-state index is 11.9. The summed E-state index contributed by atoms with van der Waals surface area (Å²) in [4.78, 5) is 22.4. The largest absolute Gasteiger partial charge is 0.378 e. The van der Waals surface area contributed by atoms with Crippen LogP contribution in [0.2, 0.25) is 0 Å². The van der Waals surface area contributed by atoms with Gasteiger partial charge in [-0.25, -0.2) is 9.97 Å². The van der Waals surface area contributed by atoms with E-state index in [9.17, 15) is 4.79 Å². The van der Waals surface area contributed by atoms with Crippen LogP contribution in [-0.2, 0) is 11.3 Å². The van der Waals surface area contributed by atoms with Crippen LogP contribution in [-0.4, -0.2) is 42.2 Å². The van der Waals surface area contributed by atoms with Crippen molar-refractivity contribution in [3.8, 4) is 0 Å². The summed E-state index contributed by atoms with van der Waals surface area (Å²) in [7, 11) is 0. The number of pyridine rings is 1. The van der Waals surface area contributed by atoms with Crippen molar-refractivity contribution in [2.24, 2.45) is 0 Å². The van der Waals surface area contributed by atoms with Crippen LogP contribution in [0.3, 0.4) is 0 Å². The molecular formula is C14H16N4O2S. The lowest BCUT2D eigenvalue weighted by atomic mass is 10.2. The van der Waals surface area contributed by atoms with Crippen molar-refractivity contribution < 1.29 is 9.53 Å². The maximum absolute atomic E-state index is 11.9. The highest BCUT2D eigenvalue weighted by atomic mass is 32.1. The predicted octanol–water partition coefficient (Wildman–Crippen LogP) is 1.30. The summed E-state index contributed by atoms with van der Waals surface area (Å²) in [6, 6.07) is 3.91. The fourth-order valence-electron chi connectivity index (χ4n) is 2.13. The molecule has 1 saturated heterocycles. The van der Waals surface area contributed by atoms with Crippen LogP contribution < -0.4 is 10.2 Å². The van der Waals surface area contributed by atoms with Crippen LogP contribution in [0.1, 0.15) is 16.1 Å². The van der Waals surface area contributed by atoms with Crippen molar-refractivity contribution in [1.29, 1.82) is 0 Å². The number of carbonyl (C=O) groups is 1. The number of aromatic nitrogens is 2. The number of amides is 1. The highest BCUT2D eigenvalue weighted by Gasteiger charge is 2.13. The Hall–Kier alpha value is -1.99. The van der Waals surface area contributed by atoms with Gasteiger partial charge in [0.2, 0.25) is 0 Å². The van der Waals surface area contributed by atoms with Gasteiger partial charge in [-0.05, 0) is 17.7 Å². The van der Waals surface area contributed by atoms with E-state index in [1.165, 1.54) is 11.3 Å². The molecule has 1 aliphatic rings. The minimum atomic E-state index is -0.152. The molecule has 7 heteroatoms. The molecule has 1 N–H and O–H groups in total. The zero-order chi connectivity index (χ0) is 14.5. The van der Waals surface area contributed by atoms with Crippen LogP contribution in [0.5, 0.6) is 0 Å². The summed E-state index contributed by atoms with van der Waals surface area (Å²) in [5.41, 5.74) is 3.13. The quantitative estimate of drug-likeness (QED) is 0.922. The fourth-order valence-corrected chi connectivity index (χ4v) is 2.67. The van der Waals surface area contributed by atoms with Gasteiger partial charge in [-0.2, -0.15) is 0 Å². The molecule has 3 rings (SSSR count). The topological polar surface area (TPSA) is 67.4 Å². The number of morpholine rings is 1. The molecule has 2 aromatic heterocycles. The summed E-state index contributed by atoms with van der Waals surface area (Å²) < 4.78 is 5.34. The van der Waals surface area contributed by atoms with E-state index in [1.807, 2.05) is 12.1 Å². The van der Waals surface area contributed by atoms with E-state index in [4.69, 9.17) is 4.74 Å². The molecule has 6 nitrogen and oxygen atoms in total. The molecule has 1 amide bonds. The average molecular weight is 304 g/mol. The van der Waals surface area contributed by atoms with Crippen molar-refractivity contribution in [3.05, 3.63) is 40.5 Å². The first-order chi connectivity index (χ1) is 10.3. The number of nitrogens with zero attached hydrogens (tertiary/aromatic N) is 3. The highest BCUT2D eigenvalue weighted by Crippen LogP contribution is 2.14. The maximum Gasteiger partial charge on any atom is 0.271 e. The summed E-state index contributed by atoms with van der Waals surface area (Å²) in [5.74, 6) is 0.777.